The summed E-state index contributed by atoms with van der Waals surface area (Å²) in [6, 6.07) is 19.1. The number of imide groups is 1. The minimum absolute atomic E-state index is 0.289. The maximum Gasteiger partial charge on any atom is 0.263 e. The molecule has 0 fully saturated rings. The van der Waals surface area contributed by atoms with Gasteiger partial charge in [-0.3, -0.25) is 24.2 Å². The van der Waals surface area contributed by atoms with E-state index in [4.69, 9.17) is 4.74 Å². The minimum atomic E-state index is -0.469. The molecule has 0 atom stereocenters. The normalized spacial score (nSPS) is 12.8. The molecule has 1 aliphatic heterocycles. The van der Waals surface area contributed by atoms with Crippen molar-refractivity contribution in [2.75, 3.05) is 18.2 Å². The van der Waals surface area contributed by atoms with Crippen LogP contribution in [0.3, 0.4) is 0 Å². The van der Waals surface area contributed by atoms with Gasteiger partial charge in [0.05, 0.1) is 23.4 Å². The summed E-state index contributed by atoms with van der Waals surface area (Å²) >= 11 is 0. The van der Waals surface area contributed by atoms with E-state index < -0.39 is 17.7 Å². The van der Waals surface area contributed by atoms with Crippen LogP contribution in [-0.2, 0) is 4.79 Å². The molecule has 0 N–H and O–H groups in total. The number of fused-ring (bicyclic) bond motifs is 1. The molecule has 0 radical (unpaired) electrons. The molecule has 6 nitrogen and oxygen atoms in total. The number of carbonyl (C=O) groups excluding carboxylic acids is 3. The zero-order valence-electron chi connectivity index (χ0n) is 17.9. The zero-order valence-corrected chi connectivity index (χ0v) is 17.9. The molecule has 3 aromatic carbocycles. The van der Waals surface area contributed by atoms with Crippen molar-refractivity contribution in [3.05, 3.63) is 101 Å². The molecule has 1 heterocycles. The molecule has 0 saturated heterocycles. The largest absolute Gasteiger partial charge is 0.492 e. The van der Waals surface area contributed by atoms with Gasteiger partial charge >= 0.3 is 0 Å². The molecule has 0 aliphatic carbocycles. The molecular formula is C26H21FN2O4. The van der Waals surface area contributed by atoms with Gasteiger partial charge in [-0.2, -0.15) is 0 Å². The Kier molecular flexibility index (Phi) is 6.31. The van der Waals surface area contributed by atoms with E-state index in [2.05, 4.69) is 0 Å². The van der Waals surface area contributed by atoms with Gasteiger partial charge in [-0.05, 0) is 55.0 Å². The van der Waals surface area contributed by atoms with Crippen LogP contribution in [0.4, 0.5) is 10.1 Å². The van der Waals surface area contributed by atoms with Gasteiger partial charge in [-0.25, -0.2) is 4.39 Å². The quantitative estimate of drug-likeness (QED) is 0.397. The summed E-state index contributed by atoms with van der Waals surface area (Å²) in [5, 5.41) is 0. The molecule has 0 spiro atoms. The van der Waals surface area contributed by atoms with Gasteiger partial charge < -0.3 is 4.74 Å². The van der Waals surface area contributed by atoms with E-state index in [-0.39, 0.29) is 12.5 Å². The fourth-order valence-corrected chi connectivity index (χ4v) is 3.56. The van der Waals surface area contributed by atoms with Crippen molar-refractivity contribution in [2.45, 2.75) is 6.92 Å². The molecular weight excluding hydrogens is 423 g/mol. The average molecular weight is 444 g/mol. The van der Waals surface area contributed by atoms with Crippen molar-refractivity contribution in [1.29, 1.82) is 0 Å². The molecule has 0 saturated carbocycles. The highest BCUT2D eigenvalue weighted by atomic mass is 19.1. The second-order valence-electron chi connectivity index (χ2n) is 7.28. The van der Waals surface area contributed by atoms with E-state index in [1.807, 2.05) is 6.92 Å². The molecule has 3 aromatic rings. The first-order valence-corrected chi connectivity index (χ1v) is 10.4. The lowest BCUT2D eigenvalue weighted by Crippen LogP contribution is -2.44. The predicted molar refractivity (Wildman–Crippen MR) is 122 cm³/mol. The van der Waals surface area contributed by atoms with Crippen LogP contribution in [0.15, 0.2) is 78.9 Å². The van der Waals surface area contributed by atoms with E-state index >= 15 is 0 Å². The number of anilines is 1. The van der Waals surface area contributed by atoms with Crippen molar-refractivity contribution in [2.24, 2.45) is 0 Å². The van der Waals surface area contributed by atoms with E-state index in [1.54, 1.807) is 66.7 Å². The van der Waals surface area contributed by atoms with Gasteiger partial charge in [0.25, 0.3) is 17.7 Å². The Morgan fingerprint density at radius 2 is 1.55 bits per heavy atom. The van der Waals surface area contributed by atoms with Crippen LogP contribution in [0.1, 0.15) is 33.2 Å². The highest BCUT2D eigenvalue weighted by Gasteiger charge is 2.37. The van der Waals surface area contributed by atoms with Gasteiger partial charge in [0.15, 0.2) is 0 Å². The Morgan fingerprint density at radius 1 is 0.939 bits per heavy atom. The van der Waals surface area contributed by atoms with Crippen molar-refractivity contribution in [1.82, 2.24) is 4.90 Å². The first-order chi connectivity index (χ1) is 16.0. The predicted octanol–water partition coefficient (Wildman–Crippen LogP) is 4.52. The molecule has 3 amide bonds. The number of para-hydroxylation sites is 2. The van der Waals surface area contributed by atoms with E-state index in [1.165, 1.54) is 23.1 Å². The van der Waals surface area contributed by atoms with Gasteiger partial charge in [-0.15, -0.1) is 0 Å². The summed E-state index contributed by atoms with van der Waals surface area (Å²) in [5.74, 6) is -1.34. The molecule has 33 heavy (non-hydrogen) atoms. The number of rotatable bonds is 7. The monoisotopic (exact) mass is 444 g/mol. The van der Waals surface area contributed by atoms with Gasteiger partial charge in [0, 0.05) is 6.08 Å². The summed E-state index contributed by atoms with van der Waals surface area (Å²) < 4.78 is 18.9. The number of hydrogen-bond acceptors (Lipinski definition) is 4. The highest BCUT2D eigenvalue weighted by Crippen LogP contribution is 2.30. The average Bonchev–Trinajstić information content (AvgIpc) is 3.07. The number of nitrogens with zero attached hydrogens (tertiary/aromatic N) is 2. The lowest BCUT2D eigenvalue weighted by molar-refractivity contribution is -0.114. The Labute approximate surface area is 190 Å². The van der Waals surface area contributed by atoms with Crippen LogP contribution in [0.5, 0.6) is 5.75 Å². The number of carbonyl (C=O) groups is 3. The van der Waals surface area contributed by atoms with E-state index in [0.717, 1.165) is 4.90 Å². The first-order valence-electron chi connectivity index (χ1n) is 10.4. The molecule has 0 bridgehead atoms. The third-order valence-electron chi connectivity index (χ3n) is 5.17. The molecule has 166 valence electrons. The number of amides is 3. The summed E-state index contributed by atoms with van der Waals surface area (Å²) in [5.41, 5.74) is 1.65. The van der Waals surface area contributed by atoms with Crippen LogP contribution in [0.25, 0.3) is 6.08 Å². The Hall–Kier alpha value is -4.26. The maximum atomic E-state index is 13.3. The molecule has 1 aliphatic rings. The Bertz CT molecular complexity index is 1200. The second kappa shape index (κ2) is 9.48. The fourth-order valence-electron chi connectivity index (χ4n) is 3.56. The van der Waals surface area contributed by atoms with Crippen molar-refractivity contribution in [3.63, 3.8) is 0 Å². The number of ether oxygens (including phenoxy) is 1. The van der Waals surface area contributed by atoms with Crippen LogP contribution in [0, 0.1) is 5.82 Å². The van der Waals surface area contributed by atoms with Crippen molar-refractivity contribution < 1.29 is 23.5 Å². The summed E-state index contributed by atoms with van der Waals surface area (Å²) in [6.07, 6.45) is 2.86. The smallest absolute Gasteiger partial charge is 0.263 e. The minimum Gasteiger partial charge on any atom is -0.492 e. The SMILES string of the molecule is CCOc1ccccc1N(CN1C(=O)c2ccccc2C1=O)C(=O)/C=C/c1ccc(F)cc1. The third-order valence-corrected chi connectivity index (χ3v) is 5.17. The maximum absolute atomic E-state index is 13.3. The lowest BCUT2D eigenvalue weighted by atomic mass is 10.1. The van der Waals surface area contributed by atoms with Crippen LogP contribution >= 0.6 is 0 Å². The standard InChI is InChI=1S/C26H21FN2O4/c1-2-33-23-10-6-5-9-22(23)28(24(30)16-13-18-11-14-19(27)15-12-18)17-29-25(31)20-7-3-4-8-21(20)26(29)32/h3-16H,2,17H2,1H3/b16-13+. The van der Waals surface area contributed by atoms with E-state index in [9.17, 15) is 18.8 Å². The fraction of sp³-hybridized carbons (Fsp3) is 0.115. The lowest BCUT2D eigenvalue weighted by Gasteiger charge is -2.27. The highest BCUT2D eigenvalue weighted by molar-refractivity contribution is 6.21. The summed E-state index contributed by atoms with van der Waals surface area (Å²) in [7, 11) is 0. The van der Waals surface area contributed by atoms with Gasteiger partial charge in [0.2, 0.25) is 0 Å². The Morgan fingerprint density at radius 3 is 2.18 bits per heavy atom. The number of benzene rings is 3. The summed E-state index contributed by atoms with van der Waals surface area (Å²) in [6.45, 7) is 1.90. The molecule has 0 unspecified atom stereocenters. The first kappa shape index (κ1) is 22.0. The number of halogens is 1. The van der Waals surface area contributed by atoms with Crippen LogP contribution in [-0.4, -0.2) is 35.9 Å². The topological polar surface area (TPSA) is 66.9 Å². The zero-order chi connectivity index (χ0) is 23.4. The van der Waals surface area contributed by atoms with Crippen molar-refractivity contribution >= 4 is 29.5 Å². The van der Waals surface area contributed by atoms with Crippen molar-refractivity contribution in [3.8, 4) is 5.75 Å². The van der Waals surface area contributed by atoms with Crippen LogP contribution in [0.2, 0.25) is 0 Å². The van der Waals surface area contributed by atoms with E-state index in [0.29, 0.717) is 34.7 Å². The molecule has 4 rings (SSSR count). The molecule has 0 aromatic heterocycles. The van der Waals surface area contributed by atoms with Gasteiger partial charge in [-0.1, -0.05) is 36.4 Å². The third kappa shape index (κ3) is 4.52. The molecule has 7 heteroatoms. The van der Waals surface area contributed by atoms with Gasteiger partial charge in [0.1, 0.15) is 18.2 Å². The number of hydrogen-bond donors (Lipinski definition) is 0. The Balaban J connectivity index is 1.68. The van der Waals surface area contributed by atoms with Crippen LogP contribution < -0.4 is 9.64 Å². The summed E-state index contributed by atoms with van der Waals surface area (Å²) in [4.78, 5) is 41.4. The second-order valence-corrected chi connectivity index (χ2v) is 7.28.